The van der Waals surface area contributed by atoms with Gasteiger partial charge in [-0.15, -0.1) is 0 Å². The van der Waals surface area contributed by atoms with Crippen LogP contribution in [0.2, 0.25) is 0 Å². The topological polar surface area (TPSA) is 25.2 Å². The lowest BCUT2D eigenvalue weighted by atomic mass is 9.99. The van der Waals surface area contributed by atoms with Gasteiger partial charge in [-0.3, -0.25) is 0 Å². The molecule has 0 spiro atoms. The lowest BCUT2D eigenvalue weighted by molar-refractivity contribution is -0.140. The van der Waals surface area contributed by atoms with E-state index >= 15 is 0 Å². The molecule has 1 heterocycles. The molecular formula is C13H10BrF4NO. The molecule has 20 heavy (non-hydrogen) atoms. The maximum absolute atomic E-state index is 13.3. The fourth-order valence-corrected chi connectivity index (χ4v) is 2.42. The van der Waals surface area contributed by atoms with E-state index in [1.807, 2.05) is 0 Å². The molecule has 1 N–H and O–H groups in total. The molecule has 0 amide bonds. The SMILES string of the molecule is CNC(c1ccc(F)c(C(F)(F)F)c1)c1ccoc1Br. The summed E-state index contributed by atoms with van der Waals surface area (Å²) in [7, 11) is 1.60. The Morgan fingerprint density at radius 3 is 2.45 bits per heavy atom. The molecule has 0 saturated carbocycles. The Morgan fingerprint density at radius 2 is 1.95 bits per heavy atom. The summed E-state index contributed by atoms with van der Waals surface area (Å²) >= 11 is 3.17. The Hall–Kier alpha value is -1.34. The molecule has 1 aromatic carbocycles. The third-order valence-electron chi connectivity index (χ3n) is 2.87. The molecular weight excluding hydrogens is 342 g/mol. The minimum Gasteiger partial charge on any atom is -0.457 e. The number of furan rings is 1. The van der Waals surface area contributed by atoms with Crippen molar-refractivity contribution in [3.63, 3.8) is 0 Å². The zero-order valence-electron chi connectivity index (χ0n) is 10.3. The highest BCUT2D eigenvalue weighted by Gasteiger charge is 2.35. The normalized spacial score (nSPS) is 13.5. The number of benzene rings is 1. The molecule has 0 saturated heterocycles. The first-order valence-electron chi connectivity index (χ1n) is 5.61. The van der Waals surface area contributed by atoms with Crippen molar-refractivity contribution in [3.05, 3.63) is 57.7 Å². The van der Waals surface area contributed by atoms with Gasteiger partial charge in [0, 0.05) is 5.56 Å². The van der Waals surface area contributed by atoms with Gasteiger partial charge in [-0.25, -0.2) is 4.39 Å². The summed E-state index contributed by atoms with van der Waals surface area (Å²) in [6.45, 7) is 0. The molecule has 108 valence electrons. The summed E-state index contributed by atoms with van der Waals surface area (Å²) in [6.07, 6.45) is -3.32. The number of rotatable bonds is 3. The molecule has 0 aliphatic heterocycles. The van der Waals surface area contributed by atoms with E-state index in [1.54, 1.807) is 13.1 Å². The summed E-state index contributed by atoms with van der Waals surface area (Å²) < 4.78 is 57.0. The molecule has 0 radical (unpaired) electrons. The number of alkyl halides is 3. The van der Waals surface area contributed by atoms with Crippen LogP contribution in [0.5, 0.6) is 0 Å². The maximum atomic E-state index is 13.3. The second-order valence-electron chi connectivity index (χ2n) is 4.11. The van der Waals surface area contributed by atoms with Crippen LogP contribution in [0.1, 0.15) is 22.7 Å². The Bertz CT molecular complexity index is 609. The Labute approximate surface area is 120 Å². The fourth-order valence-electron chi connectivity index (χ4n) is 1.95. The van der Waals surface area contributed by atoms with Crippen LogP contribution in [-0.2, 0) is 6.18 Å². The van der Waals surface area contributed by atoms with Gasteiger partial charge in [0.2, 0.25) is 0 Å². The average Bonchev–Trinajstić information content (AvgIpc) is 2.77. The predicted octanol–water partition coefficient (Wildman–Crippen LogP) is 4.51. The summed E-state index contributed by atoms with van der Waals surface area (Å²) in [5.74, 6) is -1.29. The lowest BCUT2D eigenvalue weighted by Crippen LogP contribution is -2.19. The summed E-state index contributed by atoms with van der Waals surface area (Å²) in [6, 6.07) is 4.02. The summed E-state index contributed by atoms with van der Waals surface area (Å²) in [5.41, 5.74) is -0.356. The van der Waals surface area contributed by atoms with E-state index in [0.29, 0.717) is 15.8 Å². The number of hydrogen-bond acceptors (Lipinski definition) is 2. The van der Waals surface area contributed by atoms with Crippen molar-refractivity contribution >= 4 is 15.9 Å². The number of nitrogens with one attached hydrogen (secondary N) is 1. The van der Waals surface area contributed by atoms with Crippen LogP contribution in [0.25, 0.3) is 0 Å². The van der Waals surface area contributed by atoms with Gasteiger partial charge in [0.1, 0.15) is 5.82 Å². The van der Waals surface area contributed by atoms with Gasteiger partial charge in [0.25, 0.3) is 0 Å². The van der Waals surface area contributed by atoms with Crippen LogP contribution < -0.4 is 5.32 Å². The lowest BCUT2D eigenvalue weighted by Gasteiger charge is -2.18. The van der Waals surface area contributed by atoms with Gasteiger partial charge < -0.3 is 9.73 Å². The molecule has 7 heteroatoms. The largest absolute Gasteiger partial charge is 0.457 e. The highest BCUT2D eigenvalue weighted by Crippen LogP contribution is 2.35. The minimum absolute atomic E-state index is 0.295. The minimum atomic E-state index is -4.73. The second kappa shape index (κ2) is 5.57. The van der Waals surface area contributed by atoms with Crippen molar-refractivity contribution in [2.75, 3.05) is 7.05 Å². The highest BCUT2D eigenvalue weighted by molar-refractivity contribution is 9.10. The van der Waals surface area contributed by atoms with Crippen molar-refractivity contribution in [2.45, 2.75) is 12.2 Å². The fraction of sp³-hybridized carbons (Fsp3) is 0.231. The standard InChI is InChI=1S/C13H10BrF4NO/c1-19-11(8-4-5-20-12(8)14)7-2-3-10(15)9(6-7)13(16,17)18/h2-6,11,19H,1H3. The van der Waals surface area contributed by atoms with Crippen LogP contribution in [0.15, 0.2) is 39.6 Å². The average molecular weight is 352 g/mol. The van der Waals surface area contributed by atoms with Crippen molar-refractivity contribution in [2.24, 2.45) is 0 Å². The van der Waals surface area contributed by atoms with Crippen molar-refractivity contribution in [3.8, 4) is 0 Å². The van der Waals surface area contributed by atoms with Crippen molar-refractivity contribution < 1.29 is 22.0 Å². The zero-order valence-corrected chi connectivity index (χ0v) is 11.8. The summed E-state index contributed by atoms with van der Waals surface area (Å²) in [4.78, 5) is 0. The van der Waals surface area contributed by atoms with Gasteiger partial charge in [-0.2, -0.15) is 13.2 Å². The molecule has 1 atom stereocenters. The van der Waals surface area contributed by atoms with E-state index < -0.39 is 23.6 Å². The van der Waals surface area contributed by atoms with Crippen LogP contribution >= 0.6 is 15.9 Å². The van der Waals surface area contributed by atoms with E-state index in [9.17, 15) is 17.6 Å². The Kier molecular flexibility index (Phi) is 4.19. The smallest absolute Gasteiger partial charge is 0.419 e. The van der Waals surface area contributed by atoms with E-state index in [-0.39, 0.29) is 0 Å². The molecule has 0 fully saturated rings. The molecule has 2 nitrogen and oxygen atoms in total. The maximum Gasteiger partial charge on any atom is 0.419 e. The Morgan fingerprint density at radius 1 is 1.25 bits per heavy atom. The second-order valence-corrected chi connectivity index (χ2v) is 4.83. The molecule has 1 aromatic heterocycles. The van der Waals surface area contributed by atoms with Crippen LogP contribution in [-0.4, -0.2) is 7.05 Å². The van der Waals surface area contributed by atoms with Gasteiger partial charge in [-0.05, 0) is 46.7 Å². The van der Waals surface area contributed by atoms with Gasteiger partial charge in [-0.1, -0.05) is 6.07 Å². The van der Waals surface area contributed by atoms with Crippen molar-refractivity contribution in [1.29, 1.82) is 0 Å². The number of hydrogen-bond donors (Lipinski definition) is 1. The first kappa shape index (κ1) is 15.1. The van der Waals surface area contributed by atoms with E-state index in [4.69, 9.17) is 4.42 Å². The number of halogens is 5. The monoisotopic (exact) mass is 351 g/mol. The zero-order chi connectivity index (χ0) is 14.9. The van der Waals surface area contributed by atoms with E-state index in [2.05, 4.69) is 21.2 Å². The molecule has 2 rings (SSSR count). The third kappa shape index (κ3) is 2.88. The van der Waals surface area contributed by atoms with Crippen molar-refractivity contribution in [1.82, 2.24) is 5.32 Å². The third-order valence-corrected chi connectivity index (χ3v) is 3.52. The van der Waals surface area contributed by atoms with E-state index in [0.717, 1.165) is 12.1 Å². The van der Waals surface area contributed by atoms with Crippen LogP contribution in [0, 0.1) is 5.82 Å². The first-order valence-corrected chi connectivity index (χ1v) is 6.40. The van der Waals surface area contributed by atoms with Gasteiger partial charge in [0.15, 0.2) is 4.67 Å². The van der Waals surface area contributed by atoms with E-state index in [1.165, 1.54) is 12.3 Å². The molecule has 0 bridgehead atoms. The molecule has 1 unspecified atom stereocenters. The highest BCUT2D eigenvalue weighted by atomic mass is 79.9. The summed E-state index contributed by atoms with van der Waals surface area (Å²) in [5, 5.41) is 2.88. The quantitative estimate of drug-likeness (QED) is 0.823. The molecule has 0 aliphatic rings. The predicted molar refractivity (Wildman–Crippen MR) is 68.7 cm³/mol. The first-order chi connectivity index (χ1) is 9.34. The van der Waals surface area contributed by atoms with Crippen LogP contribution in [0.3, 0.4) is 0 Å². The van der Waals surface area contributed by atoms with Crippen LogP contribution in [0.4, 0.5) is 17.6 Å². The Balaban J connectivity index is 2.49. The van der Waals surface area contributed by atoms with Gasteiger partial charge in [0.05, 0.1) is 17.9 Å². The van der Waals surface area contributed by atoms with Gasteiger partial charge >= 0.3 is 6.18 Å². The molecule has 0 aliphatic carbocycles. The molecule has 2 aromatic rings.